The smallest absolute Gasteiger partial charge is 0.0451 e. The number of rotatable bonds is 7. The molecule has 2 N–H and O–H groups in total. The van der Waals surface area contributed by atoms with Crippen LogP contribution in [-0.2, 0) is 6.54 Å². The van der Waals surface area contributed by atoms with E-state index in [1.165, 1.54) is 18.4 Å². The standard InChI is InChI=1S/C14H23ClN2/c1-3-4-8-13(10-16)17(2)11-12-7-5-6-9-14(12)15/h5-7,9,13H,3-4,8,10-11,16H2,1-2H3. The van der Waals surface area contributed by atoms with E-state index >= 15 is 0 Å². The predicted octanol–water partition coefficient (Wildman–Crippen LogP) is 3.29. The topological polar surface area (TPSA) is 29.3 Å². The summed E-state index contributed by atoms with van der Waals surface area (Å²) < 4.78 is 0. The van der Waals surface area contributed by atoms with Crippen LogP contribution in [0.1, 0.15) is 31.7 Å². The molecule has 0 aromatic heterocycles. The van der Waals surface area contributed by atoms with Gasteiger partial charge in [0, 0.05) is 24.2 Å². The first-order valence-electron chi connectivity index (χ1n) is 6.32. The summed E-state index contributed by atoms with van der Waals surface area (Å²) in [5.74, 6) is 0. The van der Waals surface area contributed by atoms with E-state index in [2.05, 4.69) is 24.9 Å². The van der Waals surface area contributed by atoms with Gasteiger partial charge in [-0.05, 0) is 25.1 Å². The molecular formula is C14H23ClN2. The molecule has 0 fully saturated rings. The van der Waals surface area contributed by atoms with Crippen molar-refractivity contribution in [2.24, 2.45) is 5.73 Å². The zero-order valence-corrected chi connectivity index (χ0v) is 11.6. The number of unbranched alkanes of at least 4 members (excludes halogenated alkanes) is 1. The average molecular weight is 255 g/mol. The van der Waals surface area contributed by atoms with Crippen molar-refractivity contribution in [2.45, 2.75) is 38.8 Å². The highest BCUT2D eigenvalue weighted by atomic mass is 35.5. The molecule has 3 heteroatoms. The van der Waals surface area contributed by atoms with Crippen molar-refractivity contribution >= 4 is 11.6 Å². The maximum Gasteiger partial charge on any atom is 0.0451 e. The third kappa shape index (κ3) is 4.66. The van der Waals surface area contributed by atoms with Gasteiger partial charge in [0.05, 0.1) is 0 Å². The first-order chi connectivity index (χ1) is 8.19. The van der Waals surface area contributed by atoms with Gasteiger partial charge >= 0.3 is 0 Å². The van der Waals surface area contributed by atoms with Crippen LogP contribution in [0, 0.1) is 0 Å². The highest BCUT2D eigenvalue weighted by molar-refractivity contribution is 6.31. The van der Waals surface area contributed by atoms with Crippen LogP contribution >= 0.6 is 11.6 Å². The van der Waals surface area contributed by atoms with E-state index in [0.717, 1.165) is 18.0 Å². The molecule has 0 aliphatic heterocycles. The van der Waals surface area contributed by atoms with Crippen LogP contribution in [0.3, 0.4) is 0 Å². The number of nitrogens with zero attached hydrogens (tertiary/aromatic N) is 1. The third-order valence-corrected chi connectivity index (χ3v) is 3.53. The molecule has 1 aromatic rings. The Morgan fingerprint density at radius 1 is 1.35 bits per heavy atom. The fourth-order valence-corrected chi connectivity index (χ4v) is 2.18. The molecule has 0 saturated heterocycles. The Hall–Kier alpha value is -0.570. The summed E-state index contributed by atoms with van der Waals surface area (Å²) in [6, 6.07) is 8.45. The summed E-state index contributed by atoms with van der Waals surface area (Å²) in [7, 11) is 2.12. The van der Waals surface area contributed by atoms with Crippen LogP contribution in [-0.4, -0.2) is 24.5 Å². The maximum atomic E-state index is 6.16. The van der Waals surface area contributed by atoms with Crippen molar-refractivity contribution < 1.29 is 0 Å². The lowest BCUT2D eigenvalue weighted by atomic mass is 10.1. The molecule has 0 aliphatic rings. The molecule has 1 unspecified atom stereocenters. The Balaban J connectivity index is 2.57. The van der Waals surface area contributed by atoms with Crippen molar-refractivity contribution in [1.29, 1.82) is 0 Å². The Morgan fingerprint density at radius 2 is 2.06 bits per heavy atom. The minimum Gasteiger partial charge on any atom is -0.329 e. The van der Waals surface area contributed by atoms with Crippen LogP contribution < -0.4 is 5.73 Å². The summed E-state index contributed by atoms with van der Waals surface area (Å²) in [5, 5.41) is 0.839. The van der Waals surface area contributed by atoms with Crippen LogP contribution in [0.15, 0.2) is 24.3 Å². The normalized spacial score (nSPS) is 13.0. The van der Waals surface area contributed by atoms with E-state index in [-0.39, 0.29) is 0 Å². The Labute approximate surface area is 110 Å². The molecule has 0 saturated carbocycles. The number of hydrogen-bond donors (Lipinski definition) is 1. The summed E-state index contributed by atoms with van der Waals surface area (Å²) in [4.78, 5) is 2.30. The molecule has 0 radical (unpaired) electrons. The molecule has 0 bridgehead atoms. The fraction of sp³-hybridized carbons (Fsp3) is 0.571. The largest absolute Gasteiger partial charge is 0.329 e. The SMILES string of the molecule is CCCCC(CN)N(C)Cc1ccccc1Cl. The number of nitrogens with two attached hydrogens (primary N) is 1. The minimum atomic E-state index is 0.450. The van der Waals surface area contributed by atoms with Crippen LogP contribution in [0.5, 0.6) is 0 Å². The average Bonchev–Trinajstić information content (AvgIpc) is 2.33. The molecule has 0 heterocycles. The third-order valence-electron chi connectivity index (χ3n) is 3.16. The highest BCUT2D eigenvalue weighted by Crippen LogP contribution is 2.18. The zero-order chi connectivity index (χ0) is 12.7. The van der Waals surface area contributed by atoms with Crippen LogP contribution in [0.4, 0.5) is 0 Å². The van der Waals surface area contributed by atoms with E-state index in [9.17, 15) is 0 Å². The molecule has 0 spiro atoms. The lowest BCUT2D eigenvalue weighted by molar-refractivity contribution is 0.224. The van der Waals surface area contributed by atoms with Crippen molar-refractivity contribution in [2.75, 3.05) is 13.6 Å². The van der Waals surface area contributed by atoms with E-state index in [1.807, 2.05) is 18.2 Å². The minimum absolute atomic E-state index is 0.450. The predicted molar refractivity (Wildman–Crippen MR) is 75.3 cm³/mol. The van der Waals surface area contributed by atoms with E-state index < -0.39 is 0 Å². The monoisotopic (exact) mass is 254 g/mol. The van der Waals surface area contributed by atoms with Gasteiger partial charge in [-0.25, -0.2) is 0 Å². The molecule has 1 aromatic carbocycles. The summed E-state index contributed by atoms with van der Waals surface area (Å²) in [6.07, 6.45) is 3.61. The van der Waals surface area contributed by atoms with Gasteiger partial charge in [-0.2, -0.15) is 0 Å². The van der Waals surface area contributed by atoms with Gasteiger partial charge in [-0.15, -0.1) is 0 Å². The van der Waals surface area contributed by atoms with Crippen LogP contribution in [0.25, 0.3) is 0 Å². The molecule has 2 nitrogen and oxygen atoms in total. The second kappa shape index (κ2) is 7.70. The van der Waals surface area contributed by atoms with Gasteiger partial charge < -0.3 is 5.73 Å². The number of benzene rings is 1. The molecule has 96 valence electrons. The number of likely N-dealkylation sites (N-methyl/N-ethyl adjacent to an activating group) is 1. The first-order valence-corrected chi connectivity index (χ1v) is 6.70. The van der Waals surface area contributed by atoms with Gasteiger partial charge in [0.15, 0.2) is 0 Å². The quantitative estimate of drug-likeness (QED) is 0.809. The van der Waals surface area contributed by atoms with Crippen molar-refractivity contribution in [1.82, 2.24) is 4.90 Å². The lowest BCUT2D eigenvalue weighted by Crippen LogP contribution is -2.37. The fourth-order valence-electron chi connectivity index (χ4n) is 1.98. The highest BCUT2D eigenvalue weighted by Gasteiger charge is 2.13. The van der Waals surface area contributed by atoms with E-state index in [1.54, 1.807) is 0 Å². The molecule has 17 heavy (non-hydrogen) atoms. The molecule has 0 amide bonds. The van der Waals surface area contributed by atoms with Gasteiger partial charge in [-0.3, -0.25) is 4.90 Å². The summed E-state index contributed by atoms with van der Waals surface area (Å²) >= 11 is 6.16. The Morgan fingerprint density at radius 3 is 2.65 bits per heavy atom. The van der Waals surface area contributed by atoms with E-state index in [0.29, 0.717) is 12.6 Å². The second-order valence-electron chi connectivity index (χ2n) is 4.54. The molecule has 1 rings (SSSR count). The van der Waals surface area contributed by atoms with Gasteiger partial charge in [0.1, 0.15) is 0 Å². The lowest BCUT2D eigenvalue weighted by Gasteiger charge is -2.27. The molecular weight excluding hydrogens is 232 g/mol. The van der Waals surface area contributed by atoms with Gasteiger partial charge in [0.2, 0.25) is 0 Å². The number of hydrogen-bond acceptors (Lipinski definition) is 2. The maximum absolute atomic E-state index is 6.16. The van der Waals surface area contributed by atoms with E-state index in [4.69, 9.17) is 17.3 Å². The van der Waals surface area contributed by atoms with Crippen LogP contribution in [0.2, 0.25) is 5.02 Å². The first kappa shape index (κ1) is 14.5. The zero-order valence-electron chi connectivity index (χ0n) is 10.8. The second-order valence-corrected chi connectivity index (χ2v) is 4.95. The summed E-state index contributed by atoms with van der Waals surface area (Å²) in [6.45, 7) is 3.79. The summed E-state index contributed by atoms with van der Waals surface area (Å²) in [5.41, 5.74) is 7.00. The van der Waals surface area contributed by atoms with Crippen molar-refractivity contribution in [3.63, 3.8) is 0 Å². The Bertz CT molecular complexity index is 328. The number of halogens is 1. The Kier molecular flexibility index (Phi) is 6.56. The van der Waals surface area contributed by atoms with Crippen molar-refractivity contribution in [3.05, 3.63) is 34.9 Å². The molecule has 0 aliphatic carbocycles. The van der Waals surface area contributed by atoms with Gasteiger partial charge in [-0.1, -0.05) is 49.6 Å². The van der Waals surface area contributed by atoms with Crippen molar-refractivity contribution in [3.8, 4) is 0 Å². The van der Waals surface area contributed by atoms with Gasteiger partial charge in [0.25, 0.3) is 0 Å². The molecule has 1 atom stereocenters.